The van der Waals surface area contributed by atoms with Crippen LogP contribution in [0, 0.1) is 17.7 Å². The first-order valence-corrected chi connectivity index (χ1v) is 3.18. The lowest BCUT2D eigenvalue weighted by Gasteiger charge is -1.94. The summed E-state index contributed by atoms with van der Waals surface area (Å²) in [5, 5.41) is 3.33. The van der Waals surface area contributed by atoms with Crippen LogP contribution in [0.3, 0.4) is 0 Å². The Morgan fingerprint density at radius 1 is 1.50 bits per heavy atom. The maximum Gasteiger partial charge on any atom is 0.143 e. The van der Waals surface area contributed by atoms with E-state index >= 15 is 0 Å². The molecule has 0 aliphatic carbocycles. The van der Waals surface area contributed by atoms with Crippen LogP contribution in [-0.2, 0) is 4.84 Å². The summed E-state index contributed by atoms with van der Waals surface area (Å²) in [5.74, 6) is -1.52. The summed E-state index contributed by atoms with van der Waals surface area (Å²) < 4.78 is 25.0. The Balaban J connectivity index is 2.94. The monoisotopic (exact) mass is 170 g/mol. The van der Waals surface area contributed by atoms with E-state index < -0.39 is 11.6 Å². The number of halogens is 2. The molecule has 0 atom stereocenters. The quantitative estimate of drug-likeness (QED) is 0.489. The predicted octanol–water partition coefficient (Wildman–Crippen LogP) is 1.75. The van der Waals surface area contributed by atoms with E-state index in [2.05, 4.69) is 9.99 Å². The second-order valence-corrected chi connectivity index (χ2v) is 1.99. The van der Waals surface area contributed by atoms with E-state index in [1.54, 1.807) is 0 Å². The minimum absolute atomic E-state index is 0.137. The van der Waals surface area contributed by atoms with Gasteiger partial charge in [-0.2, -0.15) is 0 Å². The lowest BCUT2D eigenvalue weighted by Crippen LogP contribution is -1.90. The maximum absolute atomic E-state index is 12.7. The van der Waals surface area contributed by atoms with Gasteiger partial charge in [-0.15, -0.1) is 0 Å². The highest BCUT2D eigenvalue weighted by Crippen LogP contribution is 2.05. The minimum Gasteiger partial charge on any atom is -0.399 e. The fourth-order valence-corrected chi connectivity index (χ4v) is 0.664. The van der Waals surface area contributed by atoms with Crippen LogP contribution >= 0.6 is 0 Å². The van der Waals surface area contributed by atoms with Crippen molar-refractivity contribution in [3.8, 4) is 0 Å². The van der Waals surface area contributed by atoms with E-state index in [4.69, 9.17) is 0 Å². The number of nitrogens with zero attached hydrogens (tertiary/aromatic N) is 1. The summed E-state index contributed by atoms with van der Waals surface area (Å²) in [6.07, 6.45) is 1.14. The van der Waals surface area contributed by atoms with Gasteiger partial charge in [-0.05, 0) is 12.1 Å². The van der Waals surface area contributed by atoms with Crippen molar-refractivity contribution in [2.75, 3.05) is 7.11 Å². The molecule has 0 heterocycles. The second kappa shape index (κ2) is 3.80. The molecule has 0 N–H and O–H groups in total. The molecule has 0 aromatic heterocycles. The van der Waals surface area contributed by atoms with Gasteiger partial charge in [0.05, 0.1) is 12.3 Å². The van der Waals surface area contributed by atoms with E-state index in [1.807, 2.05) is 6.07 Å². The summed E-state index contributed by atoms with van der Waals surface area (Å²) >= 11 is 0. The fraction of sp³-hybridized carbons (Fsp3) is 0.125. The van der Waals surface area contributed by atoms with E-state index in [0.29, 0.717) is 0 Å². The number of hydrogen-bond acceptors (Lipinski definition) is 2. The zero-order valence-electron chi connectivity index (χ0n) is 6.34. The van der Waals surface area contributed by atoms with Crippen LogP contribution in [0.5, 0.6) is 0 Å². The highest BCUT2D eigenvalue weighted by molar-refractivity contribution is 5.79. The normalized spacial score (nSPS) is 10.6. The number of hydrogen-bond donors (Lipinski definition) is 0. The van der Waals surface area contributed by atoms with Crippen molar-refractivity contribution in [3.63, 3.8) is 0 Å². The van der Waals surface area contributed by atoms with Crippen LogP contribution in [0.4, 0.5) is 8.78 Å². The van der Waals surface area contributed by atoms with Gasteiger partial charge in [0.1, 0.15) is 18.7 Å². The van der Waals surface area contributed by atoms with Crippen molar-refractivity contribution in [3.05, 3.63) is 35.4 Å². The third kappa shape index (κ3) is 2.02. The Hall–Kier alpha value is -1.45. The number of rotatable bonds is 2. The van der Waals surface area contributed by atoms with Gasteiger partial charge >= 0.3 is 0 Å². The molecule has 1 aromatic carbocycles. The third-order valence-electron chi connectivity index (χ3n) is 1.19. The summed E-state index contributed by atoms with van der Waals surface area (Å²) in [4.78, 5) is 4.33. The molecule has 0 aliphatic rings. The van der Waals surface area contributed by atoms with E-state index in [0.717, 1.165) is 12.3 Å². The Bertz CT molecular complexity index is 299. The molecule has 0 fully saturated rings. The molecule has 0 aliphatic heterocycles. The molecule has 0 saturated heterocycles. The molecule has 0 bridgehead atoms. The van der Waals surface area contributed by atoms with Crippen LogP contribution in [0.25, 0.3) is 0 Å². The van der Waals surface area contributed by atoms with Crippen LogP contribution < -0.4 is 0 Å². The van der Waals surface area contributed by atoms with Crippen LogP contribution in [-0.4, -0.2) is 13.3 Å². The molecule has 0 unspecified atom stereocenters. The van der Waals surface area contributed by atoms with Gasteiger partial charge in [0, 0.05) is 5.56 Å². The van der Waals surface area contributed by atoms with Crippen molar-refractivity contribution in [2.45, 2.75) is 0 Å². The second-order valence-electron chi connectivity index (χ2n) is 1.99. The average molecular weight is 170 g/mol. The SMILES string of the molecule is CO/N=C/c1ccc(F)[c]c1F. The first-order valence-electron chi connectivity index (χ1n) is 3.18. The van der Waals surface area contributed by atoms with Gasteiger partial charge in [-0.1, -0.05) is 5.16 Å². The molecule has 63 valence electrons. The van der Waals surface area contributed by atoms with Gasteiger partial charge < -0.3 is 4.84 Å². The van der Waals surface area contributed by atoms with E-state index in [9.17, 15) is 8.78 Å². The molecule has 1 aromatic rings. The van der Waals surface area contributed by atoms with Crippen molar-refractivity contribution in [2.24, 2.45) is 5.16 Å². The number of benzene rings is 1. The van der Waals surface area contributed by atoms with Gasteiger partial charge in [-0.3, -0.25) is 0 Å². The molecular weight excluding hydrogens is 164 g/mol. The van der Waals surface area contributed by atoms with Crippen molar-refractivity contribution >= 4 is 6.21 Å². The van der Waals surface area contributed by atoms with Crippen molar-refractivity contribution in [1.82, 2.24) is 0 Å². The first-order chi connectivity index (χ1) is 5.74. The largest absolute Gasteiger partial charge is 0.399 e. The van der Waals surface area contributed by atoms with Crippen molar-refractivity contribution < 1.29 is 13.6 Å². The van der Waals surface area contributed by atoms with Crippen molar-refractivity contribution in [1.29, 1.82) is 0 Å². The first kappa shape index (κ1) is 8.64. The molecule has 4 heteroatoms. The summed E-state index contributed by atoms with van der Waals surface area (Å²) in [5.41, 5.74) is 0.137. The Kier molecular flexibility index (Phi) is 2.74. The van der Waals surface area contributed by atoms with Gasteiger partial charge in [0.2, 0.25) is 0 Å². The Morgan fingerprint density at radius 3 is 2.83 bits per heavy atom. The van der Waals surface area contributed by atoms with Crippen LogP contribution in [0.2, 0.25) is 0 Å². The molecule has 12 heavy (non-hydrogen) atoms. The lowest BCUT2D eigenvalue weighted by atomic mass is 10.2. The molecule has 1 radical (unpaired) electrons. The molecular formula is C8H6F2NO. The summed E-state index contributed by atoms with van der Waals surface area (Å²) in [6.45, 7) is 0. The standard InChI is InChI=1S/C8H6F2NO/c1-12-11-5-6-2-3-7(9)4-8(6)10/h2-3,5H,1H3/b11-5+. The smallest absolute Gasteiger partial charge is 0.143 e. The van der Waals surface area contributed by atoms with Crippen LogP contribution in [0.15, 0.2) is 17.3 Å². The highest BCUT2D eigenvalue weighted by Gasteiger charge is 2.00. The third-order valence-corrected chi connectivity index (χ3v) is 1.19. The zero-order valence-corrected chi connectivity index (χ0v) is 6.34. The Morgan fingerprint density at radius 2 is 2.25 bits per heavy atom. The van der Waals surface area contributed by atoms with E-state index in [-0.39, 0.29) is 5.56 Å². The van der Waals surface area contributed by atoms with Gasteiger partial charge in [0.15, 0.2) is 0 Å². The minimum atomic E-state index is -0.782. The zero-order chi connectivity index (χ0) is 8.97. The predicted molar refractivity (Wildman–Crippen MR) is 39.8 cm³/mol. The lowest BCUT2D eigenvalue weighted by molar-refractivity contribution is 0.215. The van der Waals surface area contributed by atoms with Gasteiger partial charge in [-0.25, -0.2) is 8.78 Å². The highest BCUT2D eigenvalue weighted by atomic mass is 19.1. The van der Waals surface area contributed by atoms with Gasteiger partial charge in [0.25, 0.3) is 0 Å². The number of oxime groups is 1. The molecule has 2 nitrogen and oxygen atoms in total. The molecule has 0 saturated carbocycles. The molecule has 1 rings (SSSR count). The average Bonchev–Trinajstić information content (AvgIpc) is 2.03. The Labute approximate surface area is 68.5 Å². The summed E-state index contributed by atoms with van der Waals surface area (Å²) in [7, 11) is 1.33. The summed E-state index contributed by atoms with van der Waals surface area (Å²) in [6, 6.07) is 4.22. The maximum atomic E-state index is 12.7. The molecule has 0 amide bonds. The fourth-order valence-electron chi connectivity index (χ4n) is 0.664. The van der Waals surface area contributed by atoms with Crippen LogP contribution in [0.1, 0.15) is 5.56 Å². The molecule has 0 spiro atoms. The van der Waals surface area contributed by atoms with E-state index in [1.165, 1.54) is 13.2 Å². The topological polar surface area (TPSA) is 21.6 Å².